The maximum atomic E-state index is 6.06. The molecule has 0 saturated heterocycles. The third kappa shape index (κ3) is 3.01. The van der Waals surface area contributed by atoms with Gasteiger partial charge in [-0.2, -0.15) is 0 Å². The lowest BCUT2D eigenvalue weighted by atomic mass is 10.1. The van der Waals surface area contributed by atoms with Crippen molar-refractivity contribution in [3.63, 3.8) is 0 Å². The van der Waals surface area contributed by atoms with Crippen LogP contribution in [-0.2, 0) is 0 Å². The van der Waals surface area contributed by atoms with Gasteiger partial charge in [0, 0.05) is 5.33 Å². The molecule has 0 aliphatic heterocycles. The van der Waals surface area contributed by atoms with Crippen LogP contribution in [0.5, 0.6) is 0 Å². The third-order valence-electron chi connectivity index (χ3n) is 1.97. The summed E-state index contributed by atoms with van der Waals surface area (Å²) in [5.41, 5.74) is 2.28. The van der Waals surface area contributed by atoms with E-state index in [9.17, 15) is 0 Å². The topological polar surface area (TPSA) is 0 Å². The van der Waals surface area contributed by atoms with E-state index in [0.29, 0.717) is 10.0 Å². The second-order valence-corrected chi connectivity index (χ2v) is 4.28. The Hall–Kier alpha value is 0.0200. The van der Waals surface area contributed by atoms with Gasteiger partial charge in [0.1, 0.15) is 0 Å². The van der Waals surface area contributed by atoms with Crippen LogP contribution in [0.2, 0.25) is 10.0 Å². The van der Waals surface area contributed by atoms with Gasteiger partial charge in [0.25, 0.3) is 0 Å². The minimum Gasteiger partial charge on any atom is -0.0880 e. The van der Waals surface area contributed by atoms with Crippen molar-refractivity contribution in [2.45, 2.75) is 13.3 Å². The van der Waals surface area contributed by atoms with Crippen molar-refractivity contribution in [2.75, 3.05) is 5.33 Å². The Morgan fingerprint density at radius 1 is 1.43 bits per heavy atom. The van der Waals surface area contributed by atoms with Gasteiger partial charge in [-0.3, -0.25) is 0 Å². The summed E-state index contributed by atoms with van der Waals surface area (Å²) in [5.74, 6) is 0. The summed E-state index contributed by atoms with van der Waals surface area (Å²) in [6.45, 7) is 2.12. The van der Waals surface area contributed by atoms with Crippen molar-refractivity contribution in [2.24, 2.45) is 0 Å². The predicted octanol–water partition coefficient (Wildman–Crippen LogP) is 5.18. The van der Waals surface area contributed by atoms with Gasteiger partial charge >= 0.3 is 0 Å². The van der Waals surface area contributed by atoms with Crippen LogP contribution in [0.1, 0.15) is 18.9 Å². The summed E-state index contributed by atoms with van der Waals surface area (Å²) in [5, 5.41) is 2.10. The van der Waals surface area contributed by atoms with E-state index < -0.39 is 0 Å². The zero-order valence-electron chi connectivity index (χ0n) is 7.86. The zero-order chi connectivity index (χ0) is 10.6. The Bertz CT molecular complexity index is 339. The molecule has 0 spiro atoms. The fourth-order valence-corrected chi connectivity index (χ4v) is 2.01. The van der Waals surface area contributed by atoms with E-state index in [2.05, 4.69) is 28.9 Å². The van der Waals surface area contributed by atoms with Crippen LogP contribution in [0.15, 0.2) is 23.8 Å². The van der Waals surface area contributed by atoms with Crippen LogP contribution in [-0.4, -0.2) is 5.33 Å². The largest absolute Gasteiger partial charge is 0.0880 e. The van der Waals surface area contributed by atoms with E-state index in [4.69, 9.17) is 23.2 Å². The molecule has 0 radical (unpaired) electrons. The molecule has 0 aliphatic rings. The van der Waals surface area contributed by atoms with Gasteiger partial charge in [-0.05, 0) is 18.1 Å². The van der Waals surface area contributed by atoms with Gasteiger partial charge in [-0.1, -0.05) is 69.8 Å². The van der Waals surface area contributed by atoms with Gasteiger partial charge < -0.3 is 0 Å². The highest BCUT2D eigenvalue weighted by Crippen LogP contribution is 2.27. The first-order valence-electron chi connectivity index (χ1n) is 4.38. The maximum absolute atomic E-state index is 6.06. The molecule has 0 N–H and O–H groups in total. The van der Waals surface area contributed by atoms with Crippen LogP contribution in [0.3, 0.4) is 0 Å². The number of hydrogen-bond acceptors (Lipinski definition) is 0. The fraction of sp³-hybridized carbons (Fsp3) is 0.273. The van der Waals surface area contributed by atoms with Crippen LogP contribution in [0, 0.1) is 0 Å². The molecule has 76 valence electrons. The first kappa shape index (κ1) is 12.1. The molecule has 0 amide bonds. The Balaban J connectivity index is 3.07. The summed E-state index contributed by atoms with van der Waals surface area (Å²) in [6.07, 6.45) is 3.08. The van der Waals surface area contributed by atoms with Crippen molar-refractivity contribution in [1.82, 2.24) is 0 Å². The summed E-state index contributed by atoms with van der Waals surface area (Å²) in [6, 6.07) is 5.66. The molecule has 0 aliphatic carbocycles. The average Bonchev–Trinajstić information content (AvgIpc) is 2.20. The normalized spacial score (nSPS) is 11.9. The molecule has 14 heavy (non-hydrogen) atoms. The second kappa shape index (κ2) is 5.79. The van der Waals surface area contributed by atoms with Crippen molar-refractivity contribution < 1.29 is 0 Å². The van der Waals surface area contributed by atoms with Crippen LogP contribution >= 0.6 is 39.1 Å². The Morgan fingerprint density at radius 3 is 2.71 bits per heavy atom. The van der Waals surface area contributed by atoms with Crippen LogP contribution in [0.4, 0.5) is 0 Å². The van der Waals surface area contributed by atoms with Gasteiger partial charge in [0.2, 0.25) is 0 Å². The molecule has 1 aromatic carbocycles. The second-order valence-electron chi connectivity index (χ2n) is 2.93. The minimum absolute atomic E-state index is 0.602. The Kier molecular flexibility index (Phi) is 5.00. The number of rotatable bonds is 3. The van der Waals surface area contributed by atoms with Crippen LogP contribution < -0.4 is 0 Å². The Morgan fingerprint density at radius 2 is 2.14 bits per heavy atom. The summed E-state index contributed by atoms with van der Waals surface area (Å²) < 4.78 is 0. The van der Waals surface area contributed by atoms with Gasteiger partial charge in [0.05, 0.1) is 10.0 Å². The summed E-state index contributed by atoms with van der Waals surface area (Å²) in [7, 11) is 0. The molecular weight excluding hydrogens is 283 g/mol. The smallest absolute Gasteiger partial charge is 0.0664 e. The molecule has 0 fully saturated rings. The van der Waals surface area contributed by atoms with Crippen molar-refractivity contribution in [3.8, 4) is 0 Å². The maximum Gasteiger partial charge on any atom is 0.0664 e. The minimum atomic E-state index is 0.602. The summed E-state index contributed by atoms with van der Waals surface area (Å²) >= 11 is 15.4. The summed E-state index contributed by atoms with van der Waals surface area (Å²) in [4.78, 5) is 0. The van der Waals surface area contributed by atoms with Gasteiger partial charge in [-0.25, -0.2) is 0 Å². The van der Waals surface area contributed by atoms with E-state index >= 15 is 0 Å². The number of hydrogen-bond donors (Lipinski definition) is 0. The molecule has 0 saturated carbocycles. The quantitative estimate of drug-likeness (QED) is 0.674. The first-order chi connectivity index (χ1) is 6.69. The molecule has 1 rings (SSSR count). The molecule has 0 bridgehead atoms. The molecule has 0 unspecified atom stereocenters. The lowest BCUT2D eigenvalue weighted by Gasteiger charge is -2.03. The molecule has 3 heteroatoms. The SMILES string of the molecule is CC/C(=C/c1cccc(Cl)c1Cl)CBr. The number of benzene rings is 1. The lowest BCUT2D eigenvalue weighted by molar-refractivity contribution is 1.12. The predicted molar refractivity (Wildman–Crippen MR) is 68.5 cm³/mol. The molecular formula is C11H11BrCl2. The first-order valence-corrected chi connectivity index (χ1v) is 6.26. The molecule has 0 heterocycles. The monoisotopic (exact) mass is 292 g/mol. The number of alkyl halides is 1. The van der Waals surface area contributed by atoms with Crippen molar-refractivity contribution in [3.05, 3.63) is 39.4 Å². The number of allylic oxidation sites excluding steroid dienone is 1. The van der Waals surface area contributed by atoms with Crippen LogP contribution in [0.25, 0.3) is 6.08 Å². The zero-order valence-corrected chi connectivity index (χ0v) is 11.0. The third-order valence-corrected chi connectivity index (χ3v) is 3.52. The van der Waals surface area contributed by atoms with E-state index in [-0.39, 0.29) is 0 Å². The highest BCUT2D eigenvalue weighted by atomic mass is 79.9. The van der Waals surface area contributed by atoms with E-state index in [1.165, 1.54) is 5.57 Å². The fourth-order valence-electron chi connectivity index (χ4n) is 1.09. The Labute approximate surface area is 103 Å². The van der Waals surface area contributed by atoms with Crippen molar-refractivity contribution >= 4 is 45.2 Å². The average molecular weight is 294 g/mol. The van der Waals surface area contributed by atoms with Crippen molar-refractivity contribution in [1.29, 1.82) is 0 Å². The van der Waals surface area contributed by atoms with E-state index in [1.54, 1.807) is 6.07 Å². The van der Waals surface area contributed by atoms with E-state index in [1.807, 2.05) is 12.1 Å². The van der Waals surface area contributed by atoms with Gasteiger partial charge in [-0.15, -0.1) is 0 Å². The molecule has 1 aromatic rings. The molecule has 0 atom stereocenters. The highest BCUT2D eigenvalue weighted by Gasteiger charge is 2.02. The number of halogens is 3. The standard InChI is InChI=1S/C11H11BrCl2/c1-2-8(7-12)6-9-4-3-5-10(13)11(9)14/h3-6H,2,7H2,1H3/b8-6-. The van der Waals surface area contributed by atoms with Gasteiger partial charge in [0.15, 0.2) is 0 Å². The molecule has 0 aromatic heterocycles. The lowest BCUT2D eigenvalue weighted by Crippen LogP contribution is -1.83. The molecule has 0 nitrogen and oxygen atoms in total. The highest BCUT2D eigenvalue weighted by molar-refractivity contribution is 9.09. The van der Waals surface area contributed by atoms with E-state index in [0.717, 1.165) is 17.3 Å².